The Hall–Kier alpha value is -2.96. The molecule has 0 bridgehead atoms. The second-order valence-electron chi connectivity index (χ2n) is 6.19. The van der Waals surface area contributed by atoms with Gasteiger partial charge in [-0.3, -0.25) is 9.59 Å². The van der Waals surface area contributed by atoms with E-state index in [0.717, 1.165) is 23.8 Å². The first-order valence-corrected chi connectivity index (χ1v) is 8.10. The Morgan fingerprint density at radius 2 is 2.00 bits per heavy atom. The summed E-state index contributed by atoms with van der Waals surface area (Å²) in [7, 11) is 1.51. The van der Waals surface area contributed by atoms with Crippen molar-refractivity contribution in [1.29, 1.82) is 0 Å². The number of amides is 2. The fraction of sp³-hybridized carbons (Fsp3) is 0.263. The predicted molar refractivity (Wildman–Crippen MR) is 93.2 cm³/mol. The van der Waals surface area contributed by atoms with Crippen LogP contribution in [0.3, 0.4) is 0 Å². The number of rotatable bonds is 4. The van der Waals surface area contributed by atoms with Crippen molar-refractivity contribution < 1.29 is 23.1 Å². The summed E-state index contributed by atoms with van der Waals surface area (Å²) in [5.41, 5.74) is 1.29. The molecule has 0 saturated carbocycles. The first-order chi connectivity index (χ1) is 12.4. The maximum Gasteiger partial charge on any atom is 0.229 e. The molecule has 1 saturated heterocycles. The maximum atomic E-state index is 13.7. The van der Waals surface area contributed by atoms with Gasteiger partial charge in [-0.05, 0) is 36.8 Å². The smallest absolute Gasteiger partial charge is 0.229 e. The van der Waals surface area contributed by atoms with E-state index in [9.17, 15) is 18.4 Å². The molecule has 136 valence electrons. The van der Waals surface area contributed by atoms with Gasteiger partial charge in [0.1, 0.15) is 17.4 Å². The number of benzene rings is 2. The lowest BCUT2D eigenvalue weighted by Gasteiger charge is -2.20. The van der Waals surface area contributed by atoms with Gasteiger partial charge in [0.05, 0.1) is 24.4 Å². The fourth-order valence-electron chi connectivity index (χ4n) is 2.96. The van der Waals surface area contributed by atoms with Crippen molar-refractivity contribution in [3.05, 3.63) is 53.6 Å². The van der Waals surface area contributed by atoms with Gasteiger partial charge in [0.15, 0.2) is 0 Å². The third-order valence-electron chi connectivity index (χ3n) is 4.31. The number of aryl methyl sites for hydroxylation is 1. The zero-order valence-corrected chi connectivity index (χ0v) is 14.4. The molecule has 2 aromatic carbocycles. The van der Waals surface area contributed by atoms with Crippen LogP contribution in [0.15, 0.2) is 36.4 Å². The molecule has 26 heavy (non-hydrogen) atoms. The molecule has 1 fully saturated rings. The van der Waals surface area contributed by atoms with Crippen LogP contribution in [-0.2, 0) is 9.59 Å². The normalized spacial score (nSPS) is 16.7. The van der Waals surface area contributed by atoms with E-state index in [1.807, 2.05) is 19.1 Å². The Morgan fingerprint density at radius 3 is 2.73 bits per heavy atom. The summed E-state index contributed by atoms with van der Waals surface area (Å²) in [4.78, 5) is 26.3. The monoisotopic (exact) mass is 360 g/mol. The molecule has 0 aliphatic carbocycles. The van der Waals surface area contributed by atoms with E-state index in [-0.39, 0.29) is 24.6 Å². The SMILES string of the molecule is COc1ccc(C)cc1N1CC(C(=O)Nc2cc(F)ccc2F)CC1=O. The summed E-state index contributed by atoms with van der Waals surface area (Å²) in [5, 5.41) is 2.36. The van der Waals surface area contributed by atoms with E-state index in [1.54, 1.807) is 6.07 Å². The molecular weight excluding hydrogens is 342 g/mol. The van der Waals surface area contributed by atoms with Crippen LogP contribution in [0.25, 0.3) is 0 Å². The molecule has 7 heteroatoms. The topological polar surface area (TPSA) is 58.6 Å². The van der Waals surface area contributed by atoms with Crippen LogP contribution < -0.4 is 15.0 Å². The zero-order chi connectivity index (χ0) is 18.8. The predicted octanol–water partition coefficient (Wildman–Crippen LogP) is 3.27. The van der Waals surface area contributed by atoms with Crippen molar-refractivity contribution >= 4 is 23.2 Å². The van der Waals surface area contributed by atoms with E-state index in [2.05, 4.69) is 5.32 Å². The van der Waals surface area contributed by atoms with Crippen molar-refractivity contribution in [3.8, 4) is 5.75 Å². The minimum Gasteiger partial charge on any atom is -0.495 e. The van der Waals surface area contributed by atoms with E-state index in [0.29, 0.717) is 11.4 Å². The molecule has 5 nitrogen and oxygen atoms in total. The van der Waals surface area contributed by atoms with Crippen LogP contribution in [0.4, 0.5) is 20.2 Å². The Bertz CT molecular complexity index is 870. The third-order valence-corrected chi connectivity index (χ3v) is 4.31. The lowest BCUT2D eigenvalue weighted by Crippen LogP contribution is -2.28. The number of anilines is 2. The Kier molecular flexibility index (Phi) is 4.88. The molecule has 2 aromatic rings. The van der Waals surface area contributed by atoms with Gasteiger partial charge in [0.2, 0.25) is 11.8 Å². The van der Waals surface area contributed by atoms with Crippen LogP contribution in [-0.4, -0.2) is 25.5 Å². The molecule has 1 N–H and O–H groups in total. The average Bonchev–Trinajstić information content (AvgIpc) is 3.00. The van der Waals surface area contributed by atoms with Crippen LogP contribution in [0.2, 0.25) is 0 Å². The number of hydrogen-bond acceptors (Lipinski definition) is 3. The van der Waals surface area contributed by atoms with Gasteiger partial charge in [-0.1, -0.05) is 6.07 Å². The zero-order valence-electron chi connectivity index (χ0n) is 14.4. The lowest BCUT2D eigenvalue weighted by atomic mass is 10.1. The lowest BCUT2D eigenvalue weighted by molar-refractivity contribution is -0.122. The fourth-order valence-corrected chi connectivity index (χ4v) is 2.96. The molecule has 1 aliphatic rings. The van der Waals surface area contributed by atoms with Gasteiger partial charge in [-0.25, -0.2) is 8.78 Å². The van der Waals surface area contributed by atoms with E-state index >= 15 is 0 Å². The minimum atomic E-state index is -0.735. The van der Waals surface area contributed by atoms with E-state index < -0.39 is 23.5 Å². The summed E-state index contributed by atoms with van der Waals surface area (Å²) in [5.74, 6) is -2.29. The Labute approximate surface area is 149 Å². The van der Waals surface area contributed by atoms with Gasteiger partial charge in [-0.2, -0.15) is 0 Å². The number of nitrogens with one attached hydrogen (secondary N) is 1. The average molecular weight is 360 g/mol. The summed E-state index contributed by atoms with van der Waals surface area (Å²) >= 11 is 0. The first kappa shape index (κ1) is 17.8. The van der Waals surface area contributed by atoms with Gasteiger partial charge >= 0.3 is 0 Å². The number of ether oxygens (including phenoxy) is 1. The Morgan fingerprint density at radius 1 is 1.23 bits per heavy atom. The molecule has 0 spiro atoms. The summed E-state index contributed by atoms with van der Waals surface area (Å²) in [6, 6.07) is 8.24. The number of carbonyl (C=O) groups excluding carboxylic acids is 2. The number of hydrogen-bond donors (Lipinski definition) is 1. The molecule has 0 radical (unpaired) electrons. The highest BCUT2D eigenvalue weighted by Crippen LogP contribution is 2.34. The molecule has 2 amide bonds. The van der Waals surface area contributed by atoms with E-state index in [1.165, 1.54) is 12.0 Å². The number of carbonyl (C=O) groups is 2. The summed E-state index contributed by atoms with van der Waals surface area (Å²) in [6.45, 7) is 2.03. The van der Waals surface area contributed by atoms with Crippen LogP contribution >= 0.6 is 0 Å². The van der Waals surface area contributed by atoms with Crippen LogP contribution in [0.1, 0.15) is 12.0 Å². The first-order valence-electron chi connectivity index (χ1n) is 8.10. The maximum absolute atomic E-state index is 13.7. The highest BCUT2D eigenvalue weighted by Gasteiger charge is 2.36. The van der Waals surface area contributed by atoms with Gasteiger partial charge < -0.3 is 15.0 Å². The van der Waals surface area contributed by atoms with Crippen molar-refractivity contribution in [3.63, 3.8) is 0 Å². The Balaban J connectivity index is 1.78. The number of nitrogens with zero attached hydrogens (tertiary/aromatic N) is 1. The molecule has 1 aliphatic heterocycles. The summed E-state index contributed by atoms with van der Waals surface area (Å²) < 4.78 is 32.2. The van der Waals surface area contributed by atoms with E-state index in [4.69, 9.17) is 4.74 Å². The van der Waals surface area contributed by atoms with Gasteiger partial charge in [-0.15, -0.1) is 0 Å². The van der Waals surface area contributed by atoms with Crippen LogP contribution in [0, 0.1) is 24.5 Å². The second-order valence-corrected chi connectivity index (χ2v) is 6.19. The van der Waals surface area contributed by atoms with Crippen LogP contribution in [0.5, 0.6) is 5.75 Å². The van der Waals surface area contributed by atoms with Crippen molar-refractivity contribution in [1.82, 2.24) is 0 Å². The second kappa shape index (κ2) is 7.11. The third kappa shape index (κ3) is 3.51. The molecule has 0 aromatic heterocycles. The minimum absolute atomic E-state index is 0.0140. The molecular formula is C19H18F2N2O3. The van der Waals surface area contributed by atoms with Crippen molar-refractivity contribution in [2.75, 3.05) is 23.9 Å². The van der Waals surface area contributed by atoms with Crippen molar-refractivity contribution in [2.24, 2.45) is 5.92 Å². The summed E-state index contributed by atoms with van der Waals surface area (Å²) in [6.07, 6.45) is -0.0140. The van der Waals surface area contributed by atoms with Gasteiger partial charge in [0.25, 0.3) is 0 Å². The molecule has 1 atom stereocenters. The standard InChI is InChI=1S/C19H18F2N2O3/c1-11-3-6-17(26-2)16(7-11)23-10-12(8-18(23)24)19(25)22-15-9-13(20)4-5-14(15)21/h3-7,9,12H,8,10H2,1-2H3,(H,22,25). The highest BCUT2D eigenvalue weighted by atomic mass is 19.1. The molecule has 3 rings (SSSR count). The van der Waals surface area contributed by atoms with Gasteiger partial charge in [0, 0.05) is 19.0 Å². The largest absolute Gasteiger partial charge is 0.495 e. The highest BCUT2D eigenvalue weighted by molar-refractivity contribution is 6.04. The number of methoxy groups -OCH3 is 1. The molecule has 1 heterocycles. The molecule has 1 unspecified atom stereocenters. The number of halogens is 2. The quantitative estimate of drug-likeness (QED) is 0.910. The van der Waals surface area contributed by atoms with Crippen molar-refractivity contribution in [2.45, 2.75) is 13.3 Å².